The maximum atomic E-state index is 11.1. The van der Waals surface area contributed by atoms with E-state index in [-0.39, 0.29) is 5.56 Å². The summed E-state index contributed by atoms with van der Waals surface area (Å²) in [6.45, 7) is 5.94. The second-order valence-corrected chi connectivity index (χ2v) is 2.37. The Kier molecular flexibility index (Phi) is 5.11. The fraction of sp³-hybridized carbons (Fsp3) is 0.556. The molecule has 0 spiro atoms. The van der Waals surface area contributed by atoms with Crippen LogP contribution in [0.25, 0.3) is 0 Å². The van der Waals surface area contributed by atoms with Crippen LogP contribution in [0.5, 0.6) is 0 Å². The topological polar surface area (TPSA) is 34.9 Å². The Bertz CT molecular complexity index is 320. The molecule has 0 unspecified atom stereocenters. The smallest absolute Gasteiger partial charge is 0.259 e. The van der Waals surface area contributed by atoms with Crippen LogP contribution in [0.4, 0.5) is 0 Å². The molecule has 1 heterocycles. The van der Waals surface area contributed by atoms with E-state index in [0.717, 1.165) is 12.0 Å². The largest absolute Gasteiger partial charge is 0.269 e. The monoisotopic (exact) mass is 178 g/mol. The predicted molar refractivity (Wildman–Crippen MR) is 55.6 cm³/mol. The van der Waals surface area contributed by atoms with Gasteiger partial charge in [-0.1, -0.05) is 20.8 Å². The third kappa shape index (κ3) is 2.72. The lowest BCUT2D eigenvalue weighted by molar-refractivity contribution is 0.706. The highest BCUT2D eigenvalue weighted by Gasteiger charge is 2.00. The lowest BCUT2D eigenvalue weighted by Gasteiger charge is -2.02. The van der Waals surface area contributed by atoms with Crippen molar-refractivity contribution in [2.45, 2.75) is 27.2 Å². The highest BCUT2D eigenvalue weighted by atomic mass is 16.1. The first-order chi connectivity index (χ1) is 6.16. The summed E-state index contributed by atoms with van der Waals surface area (Å²) in [5.41, 5.74) is 0.905. The molecular weight excluding hydrogens is 163 g/mol. The van der Waals surface area contributed by atoms with Crippen LogP contribution in [0.2, 0.25) is 0 Å². The molecule has 0 bridgehead atoms. The summed E-state index contributed by atoms with van der Waals surface area (Å²) in [6, 6.07) is 0. The molecule has 0 saturated heterocycles. The summed E-state index contributed by atoms with van der Waals surface area (Å²) in [5, 5.41) is 3.83. The maximum Gasteiger partial charge on any atom is 0.259 e. The number of hydrogen-bond donors (Lipinski definition) is 0. The van der Waals surface area contributed by atoms with E-state index >= 15 is 0 Å². The van der Waals surface area contributed by atoms with Gasteiger partial charge in [0.1, 0.15) is 7.85 Å². The van der Waals surface area contributed by atoms with Gasteiger partial charge in [0.05, 0.1) is 6.20 Å². The zero-order valence-corrected chi connectivity index (χ0v) is 8.66. The molecule has 0 aliphatic rings. The van der Waals surface area contributed by atoms with E-state index in [0.29, 0.717) is 5.46 Å². The van der Waals surface area contributed by atoms with Gasteiger partial charge in [-0.3, -0.25) is 4.79 Å². The van der Waals surface area contributed by atoms with Crippen molar-refractivity contribution in [2.24, 2.45) is 7.05 Å². The van der Waals surface area contributed by atoms with E-state index in [1.165, 1.54) is 4.68 Å². The highest BCUT2D eigenvalue weighted by molar-refractivity contribution is 6.32. The van der Waals surface area contributed by atoms with Crippen molar-refractivity contribution < 1.29 is 0 Å². The van der Waals surface area contributed by atoms with Gasteiger partial charge in [-0.05, 0) is 17.4 Å². The van der Waals surface area contributed by atoms with Crippen molar-refractivity contribution in [1.29, 1.82) is 0 Å². The van der Waals surface area contributed by atoms with Crippen LogP contribution in [-0.4, -0.2) is 17.6 Å². The molecule has 4 heteroatoms. The van der Waals surface area contributed by atoms with Crippen LogP contribution >= 0.6 is 0 Å². The Labute approximate surface area is 80.2 Å². The van der Waals surface area contributed by atoms with Crippen molar-refractivity contribution >= 4 is 13.3 Å². The molecule has 0 aliphatic heterocycles. The quantitative estimate of drug-likeness (QED) is 0.574. The Balaban J connectivity index is 0.000000671. The molecule has 1 aromatic heterocycles. The minimum atomic E-state index is -0.218. The molecule has 0 aromatic carbocycles. The van der Waals surface area contributed by atoms with Crippen molar-refractivity contribution in [3.8, 4) is 0 Å². The predicted octanol–water partition coefficient (Wildman–Crippen LogP) is 0.163. The van der Waals surface area contributed by atoms with E-state index in [1.54, 1.807) is 13.2 Å². The number of hydrogen-bond acceptors (Lipinski definition) is 2. The standard InChI is InChI=1S/C7H9BN2O.C2H6/c1-3-5-4-9-10(2)7(11)6(5)8;1-2/h4H,3H2,1-2H3;1-2H3. The van der Waals surface area contributed by atoms with Crippen LogP contribution in [0.15, 0.2) is 11.0 Å². The zero-order chi connectivity index (χ0) is 10.4. The first-order valence-corrected chi connectivity index (χ1v) is 4.47. The van der Waals surface area contributed by atoms with Gasteiger partial charge in [0.2, 0.25) is 0 Å². The molecular formula is C9H15BN2O. The molecule has 0 N–H and O–H groups in total. The summed E-state index contributed by atoms with van der Waals surface area (Å²) < 4.78 is 1.23. The maximum absolute atomic E-state index is 11.1. The molecule has 0 atom stereocenters. The lowest BCUT2D eigenvalue weighted by Crippen LogP contribution is -2.36. The summed E-state index contributed by atoms with van der Waals surface area (Å²) in [7, 11) is 7.10. The number of aryl methyl sites for hydroxylation is 2. The Hall–Kier alpha value is -1.06. The third-order valence-corrected chi connectivity index (χ3v) is 1.64. The first kappa shape index (κ1) is 11.9. The first-order valence-electron chi connectivity index (χ1n) is 4.47. The Morgan fingerprint density at radius 1 is 1.54 bits per heavy atom. The van der Waals surface area contributed by atoms with Crippen LogP contribution in [-0.2, 0) is 13.5 Å². The van der Waals surface area contributed by atoms with Crippen LogP contribution < -0.4 is 11.0 Å². The fourth-order valence-corrected chi connectivity index (χ4v) is 0.872. The number of nitrogens with zero attached hydrogens (tertiary/aromatic N) is 2. The normalized spacial score (nSPS) is 8.92. The minimum absolute atomic E-state index is 0.218. The molecule has 0 saturated carbocycles. The Morgan fingerprint density at radius 2 is 2.08 bits per heavy atom. The average molecular weight is 178 g/mol. The summed E-state index contributed by atoms with van der Waals surface area (Å²) >= 11 is 0. The van der Waals surface area contributed by atoms with Crippen LogP contribution in [0.3, 0.4) is 0 Å². The molecule has 0 amide bonds. The Morgan fingerprint density at radius 3 is 2.54 bits per heavy atom. The molecule has 70 valence electrons. The lowest BCUT2D eigenvalue weighted by atomic mass is 9.92. The van der Waals surface area contributed by atoms with Crippen molar-refractivity contribution in [2.75, 3.05) is 0 Å². The van der Waals surface area contributed by atoms with Gasteiger partial charge in [0, 0.05) is 7.05 Å². The van der Waals surface area contributed by atoms with Gasteiger partial charge in [0.25, 0.3) is 5.56 Å². The number of aromatic nitrogens is 2. The van der Waals surface area contributed by atoms with E-state index in [4.69, 9.17) is 7.85 Å². The minimum Gasteiger partial charge on any atom is -0.269 e. The van der Waals surface area contributed by atoms with Gasteiger partial charge >= 0.3 is 0 Å². The molecule has 3 nitrogen and oxygen atoms in total. The third-order valence-electron chi connectivity index (χ3n) is 1.64. The highest BCUT2D eigenvalue weighted by Crippen LogP contribution is 1.87. The van der Waals surface area contributed by atoms with Crippen molar-refractivity contribution in [1.82, 2.24) is 9.78 Å². The summed E-state index contributed by atoms with van der Waals surface area (Å²) in [5.74, 6) is 0. The van der Waals surface area contributed by atoms with Gasteiger partial charge in [-0.25, -0.2) is 4.68 Å². The second kappa shape index (κ2) is 5.57. The van der Waals surface area contributed by atoms with E-state index in [9.17, 15) is 4.79 Å². The van der Waals surface area contributed by atoms with Crippen molar-refractivity contribution in [3.05, 3.63) is 22.1 Å². The van der Waals surface area contributed by atoms with Gasteiger partial charge in [-0.15, -0.1) is 0 Å². The summed E-state index contributed by atoms with van der Waals surface area (Å²) in [6.07, 6.45) is 2.37. The fourth-order valence-electron chi connectivity index (χ4n) is 0.872. The molecule has 0 fully saturated rings. The van der Waals surface area contributed by atoms with Gasteiger partial charge in [0.15, 0.2) is 0 Å². The SMILES string of the molecule is CC.[B]c1c(CC)cnn(C)c1=O. The molecule has 2 radical (unpaired) electrons. The van der Waals surface area contributed by atoms with E-state index in [2.05, 4.69) is 5.10 Å². The zero-order valence-electron chi connectivity index (χ0n) is 8.66. The van der Waals surface area contributed by atoms with Crippen LogP contribution in [0, 0.1) is 0 Å². The number of rotatable bonds is 1. The van der Waals surface area contributed by atoms with E-state index < -0.39 is 0 Å². The molecule has 0 aliphatic carbocycles. The van der Waals surface area contributed by atoms with Crippen LogP contribution in [0.1, 0.15) is 26.3 Å². The van der Waals surface area contributed by atoms with Crippen molar-refractivity contribution in [3.63, 3.8) is 0 Å². The van der Waals surface area contributed by atoms with Gasteiger partial charge < -0.3 is 0 Å². The second-order valence-electron chi connectivity index (χ2n) is 2.37. The van der Waals surface area contributed by atoms with E-state index in [1.807, 2.05) is 20.8 Å². The van der Waals surface area contributed by atoms with Gasteiger partial charge in [-0.2, -0.15) is 5.10 Å². The average Bonchev–Trinajstić information content (AvgIpc) is 2.18. The molecule has 13 heavy (non-hydrogen) atoms. The summed E-state index contributed by atoms with van der Waals surface area (Å²) in [4.78, 5) is 11.1. The molecule has 1 rings (SSSR count). The molecule has 1 aromatic rings.